The van der Waals surface area contributed by atoms with Gasteiger partial charge in [0.15, 0.2) is 0 Å². The quantitative estimate of drug-likeness (QED) is 0.454. The van der Waals surface area contributed by atoms with E-state index in [0.29, 0.717) is 0 Å². The van der Waals surface area contributed by atoms with Crippen molar-refractivity contribution in [1.82, 2.24) is 4.57 Å². The molecule has 0 atom stereocenters. The molecule has 0 aliphatic rings. The molecule has 0 saturated carbocycles. The Morgan fingerprint density at radius 2 is 2.43 bits per heavy atom. The molecular weight excluding hydrogens is 86.1 g/mol. The first-order valence-electron chi connectivity index (χ1n) is 2.30. The molecule has 1 aromatic heterocycles. The van der Waals surface area contributed by atoms with Crippen LogP contribution < -0.4 is 0 Å². The number of aromatic nitrogens is 1. The second-order valence-electron chi connectivity index (χ2n) is 1.72. The topological polar surface area (TPSA) is 4.93 Å². The zero-order valence-electron chi connectivity index (χ0n) is 4.60. The van der Waals surface area contributed by atoms with Gasteiger partial charge in [0.05, 0.1) is 6.20 Å². The lowest BCUT2D eigenvalue weighted by molar-refractivity contribution is 0.915. The second kappa shape index (κ2) is 1.41. The number of rotatable bonds is 0. The highest BCUT2D eigenvalue weighted by molar-refractivity contribution is 5.04. The van der Waals surface area contributed by atoms with Crippen LogP contribution in [-0.4, -0.2) is 4.57 Å². The fourth-order valence-corrected chi connectivity index (χ4v) is 0.576. The first-order valence-corrected chi connectivity index (χ1v) is 2.30. The molecule has 0 aliphatic carbocycles. The van der Waals surface area contributed by atoms with E-state index < -0.39 is 0 Å². The third-order valence-electron chi connectivity index (χ3n) is 0.901. The lowest BCUT2D eigenvalue weighted by Gasteiger charge is -1.79. The number of hydrogen-bond acceptors (Lipinski definition) is 0. The maximum atomic E-state index is 3.06. The van der Waals surface area contributed by atoms with Gasteiger partial charge in [-0.2, -0.15) is 0 Å². The van der Waals surface area contributed by atoms with Gasteiger partial charge < -0.3 is 4.57 Å². The van der Waals surface area contributed by atoms with E-state index in [-0.39, 0.29) is 0 Å². The molecule has 1 nitrogen and oxygen atoms in total. The fraction of sp³-hybridized carbons (Fsp3) is 0.333. The van der Waals surface area contributed by atoms with Gasteiger partial charge in [-0.3, -0.25) is 0 Å². The highest BCUT2D eigenvalue weighted by Crippen LogP contribution is 1.92. The summed E-state index contributed by atoms with van der Waals surface area (Å²) >= 11 is 0. The van der Waals surface area contributed by atoms with Gasteiger partial charge in [-0.25, -0.2) is 0 Å². The zero-order chi connectivity index (χ0) is 5.28. The Morgan fingerprint density at radius 1 is 1.71 bits per heavy atom. The number of hydrogen-bond donors (Lipinski definition) is 0. The average molecular weight is 94.1 g/mol. The molecule has 0 N–H and O–H groups in total. The Morgan fingerprint density at radius 3 is 2.57 bits per heavy atom. The van der Waals surface area contributed by atoms with Gasteiger partial charge >= 0.3 is 0 Å². The first-order chi connectivity index (χ1) is 3.29. The van der Waals surface area contributed by atoms with Crippen molar-refractivity contribution in [3.8, 4) is 0 Å². The maximum Gasteiger partial charge on any atom is 0.0677 e. The molecule has 0 aromatic carbocycles. The third-order valence-corrected chi connectivity index (χ3v) is 0.901. The minimum Gasteiger partial charge on any atom is -0.349 e. The summed E-state index contributed by atoms with van der Waals surface area (Å²) in [6.45, 7) is 2.03. The molecule has 0 spiro atoms. The molecule has 1 heterocycles. The molecule has 0 unspecified atom stereocenters. The van der Waals surface area contributed by atoms with Crippen LogP contribution in [0.5, 0.6) is 0 Å². The van der Waals surface area contributed by atoms with Gasteiger partial charge in [0.1, 0.15) is 0 Å². The Bertz CT molecular complexity index is 136. The molecule has 7 heavy (non-hydrogen) atoms. The van der Waals surface area contributed by atoms with E-state index in [1.807, 2.05) is 30.8 Å². The van der Waals surface area contributed by atoms with Gasteiger partial charge in [0.2, 0.25) is 0 Å². The smallest absolute Gasteiger partial charge is 0.0677 e. The zero-order valence-corrected chi connectivity index (χ0v) is 4.60. The summed E-state index contributed by atoms with van der Waals surface area (Å²) in [5.74, 6) is 0. The Labute approximate surface area is 43.6 Å². The van der Waals surface area contributed by atoms with Crippen molar-refractivity contribution in [2.45, 2.75) is 6.92 Å². The van der Waals surface area contributed by atoms with Gasteiger partial charge in [0, 0.05) is 13.2 Å². The second-order valence-corrected chi connectivity index (χ2v) is 1.72. The monoisotopic (exact) mass is 94.1 g/mol. The van der Waals surface area contributed by atoms with Crippen LogP contribution in [0.25, 0.3) is 0 Å². The summed E-state index contributed by atoms with van der Waals surface area (Å²) in [6, 6.07) is 2.03. The van der Waals surface area contributed by atoms with Crippen molar-refractivity contribution in [3.63, 3.8) is 0 Å². The van der Waals surface area contributed by atoms with E-state index in [4.69, 9.17) is 0 Å². The summed E-state index contributed by atoms with van der Waals surface area (Å²) in [6.07, 6.45) is 5.04. The molecule has 0 fully saturated rings. The lowest BCUT2D eigenvalue weighted by atomic mass is 10.4. The first kappa shape index (κ1) is 4.44. The van der Waals surface area contributed by atoms with Crippen molar-refractivity contribution in [2.75, 3.05) is 0 Å². The van der Waals surface area contributed by atoms with Crippen molar-refractivity contribution >= 4 is 0 Å². The maximum absolute atomic E-state index is 3.06. The lowest BCUT2D eigenvalue weighted by Crippen LogP contribution is -1.77. The Balaban J connectivity index is 3.04. The normalized spacial score (nSPS) is 9.43. The van der Waals surface area contributed by atoms with E-state index in [1.165, 1.54) is 5.56 Å². The van der Waals surface area contributed by atoms with Crippen LogP contribution >= 0.6 is 0 Å². The van der Waals surface area contributed by atoms with Gasteiger partial charge in [-0.05, 0) is 18.6 Å². The molecule has 1 radical (unpaired) electrons. The van der Waals surface area contributed by atoms with Crippen molar-refractivity contribution in [2.24, 2.45) is 7.05 Å². The summed E-state index contributed by atoms with van der Waals surface area (Å²) < 4.78 is 1.91. The summed E-state index contributed by atoms with van der Waals surface area (Å²) in [4.78, 5) is 0. The molecule has 1 heteroatoms. The van der Waals surface area contributed by atoms with Crippen molar-refractivity contribution in [1.29, 1.82) is 0 Å². The van der Waals surface area contributed by atoms with Gasteiger partial charge in [-0.15, -0.1) is 0 Å². The van der Waals surface area contributed by atoms with Gasteiger partial charge in [0.25, 0.3) is 0 Å². The molecule has 37 valence electrons. The number of nitrogens with zero attached hydrogens (tertiary/aromatic N) is 1. The molecule has 1 rings (SSSR count). The molecule has 0 amide bonds. The van der Waals surface area contributed by atoms with E-state index in [1.54, 1.807) is 0 Å². The molecular formula is C6H8N. The third kappa shape index (κ3) is 0.829. The van der Waals surface area contributed by atoms with E-state index in [9.17, 15) is 0 Å². The van der Waals surface area contributed by atoms with Crippen LogP contribution in [0.3, 0.4) is 0 Å². The van der Waals surface area contributed by atoms with Crippen LogP contribution in [0.4, 0.5) is 0 Å². The van der Waals surface area contributed by atoms with Crippen LogP contribution in [-0.2, 0) is 7.05 Å². The van der Waals surface area contributed by atoms with E-state index in [0.717, 1.165) is 0 Å². The number of aryl methyl sites for hydroxylation is 2. The largest absolute Gasteiger partial charge is 0.349 e. The van der Waals surface area contributed by atoms with E-state index in [2.05, 4.69) is 6.20 Å². The highest BCUT2D eigenvalue weighted by atomic mass is 14.9. The van der Waals surface area contributed by atoms with Gasteiger partial charge in [-0.1, -0.05) is 0 Å². The summed E-state index contributed by atoms with van der Waals surface area (Å²) in [5, 5.41) is 0. The van der Waals surface area contributed by atoms with Crippen LogP contribution in [0, 0.1) is 13.1 Å². The standard InChI is InChI=1S/C6H8N/c1-6-3-4-7(2)5-6/h3-4H,1-2H3. The Hall–Kier alpha value is -0.720. The van der Waals surface area contributed by atoms with Crippen molar-refractivity contribution < 1.29 is 0 Å². The van der Waals surface area contributed by atoms with Crippen LogP contribution in [0.2, 0.25) is 0 Å². The molecule has 0 bridgehead atoms. The minimum absolute atomic E-state index is 1.20. The van der Waals surface area contributed by atoms with Crippen molar-refractivity contribution in [3.05, 3.63) is 24.0 Å². The Kier molecular flexibility index (Phi) is 0.895. The predicted molar refractivity (Wildman–Crippen MR) is 29.0 cm³/mol. The van der Waals surface area contributed by atoms with Crippen LogP contribution in [0.15, 0.2) is 12.3 Å². The highest BCUT2D eigenvalue weighted by Gasteiger charge is 1.81. The minimum atomic E-state index is 1.20. The average Bonchev–Trinajstić information content (AvgIpc) is 1.87. The molecule has 0 saturated heterocycles. The molecule has 0 aliphatic heterocycles. The van der Waals surface area contributed by atoms with E-state index >= 15 is 0 Å². The fourth-order valence-electron chi connectivity index (χ4n) is 0.576. The summed E-state index contributed by atoms with van der Waals surface area (Å²) in [7, 11) is 1.97. The SMILES string of the molecule is Cc1[c]n(C)cc1. The summed E-state index contributed by atoms with van der Waals surface area (Å²) in [5.41, 5.74) is 1.20. The molecule has 1 aromatic rings. The predicted octanol–water partition coefficient (Wildman–Crippen LogP) is 1.13. The van der Waals surface area contributed by atoms with Crippen LogP contribution in [0.1, 0.15) is 5.56 Å².